The third-order valence-corrected chi connectivity index (χ3v) is 4.23. The van der Waals surface area contributed by atoms with E-state index >= 15 is 0 Å². The Kier molecular flexibility index (Phi) is 6.00. The Balaban J connectivity index is 0.000000403. The molecule has 0 radical (unpaired) electrons. The zero-order valence-electron chi connectivity index (χ0n) is 14.1. The Labute approximate surface area is 168 Å². The van der Waals surface area contributed by atoms with E-state index in [1.807, 2.05) is 30.3 Å². The summed E-state index contributed by atoms with van der Waals surface area (Å²) in [5.74, 6) is 0. The molecule has 0 saturated carbocycles. The van der Waals surface area contributed by atoms with Crippen LogP contribution in [-0.4, -0.2) is 64.3 Å². The molecule has 0 bridgehead atoms. The maximum atomic E-state index is 8.74. The third-order valence-electron chi connectivity index (χ3n) is 3.34. The second kappa shape index (κ2) is 8.44. The number of nitrogens with zero attached hydrogens (tertiary/aromatic N) is 6. The van der Waals surface area contributed by atoms with Gasteiger partial charge in [0.05, 0.1) is 0 Å². The number of hydrogen-bond donors (Lipinski definition) is 2. The van der Waals surface area contributed by atoms with Gasteiger partial charge in [0.25, 0.3) is 0 Å². The quantitative estimate of drug-likeness (QED) is 0.312. The van der Waals surface area contributed by atoms with E-state index in [1.54, 1.807) is 18.6 Å². The Hall–Kier alpha value is -2.85. The number of aromatic nitrogens is 6. The summed E-state index contributed by atoms with van der Waals surface area (Å²) in [4.78, 5) is 26.5. The van der Waals surface area contributed by atoms with Gasteiger partial charge in [-0.2, -0.15) is 8.42 Å². The van der Waals surface area contributed by atoms with Crippen LogP contribution in [0.25, 0.3) is 33.8 Å². The summed E-state index contributed by atoms with van der Waals surface area (Å²) in [5.41, 5.74) is 4.36. The van der Waals surface area contributed by atoms with Crippen LogP contribution < -0.4 is 4.48 Å². The van der Waals surface area contributed by atoms with E-state index < -0.39 is 10.4 Å². The molecule has 4 rings (SSSR count). The fourth-order valence-corrected chi connectivity index (χ4v) is 2.83. The van der Waals surface area contributed by atoms with Crippen LogP contribution in [-0.2, 0) is 10.4 Å². The summed E-state index contributed by atoms with van der Waals surface area (Å²) in [6, 6.07) is 9.55. The first-order valence-corrected chi connectivity index (χ1v) is 10.2. The van der Waals surface area contributed by atoms with Crippen LogP contribution in [0.5, 0.6) is 0 Å². The molecule has 142 valence electrons. The van der Waals surface area contributed by atoms with E-state index in [0.717, 1.165) is 21.4 Å². The molecule has 4 aromatic heterocycles. The number of rotatable bonds is 2. The molecule has 2 N–H and O–H groups in total. The van der Waals surface area contributed by atoms with Crippen LogP contribution in [0.4, 0.5) is 0 Å². The topological polar surface area (TPSA) is 152 Å². The molecule has 10 nitrogen and oxygen atoms in total. The Morgan fingerprint density at radius 1 is 0.893 bits per heavy atom. The molecule has 0 aliphatic rings. The van der Waals surface area contributed by atoms with Gasteiger partial charge < -0.3 is 0 Å². The van der Waals surface area contributed by atoms with Crippen LogP contribution in [0.1, 0.15) is 0 Å². The van der Waals surface area contributed by atoms with Gasteiger partial charge in [-0.05, 0) is 0 Å². The molecule has 28 heavy (non-hydrogen) atoms. The van der Waals surface area contributed by atoms with Gasteiger partial charge in [-0.25, -0.2) is 0 Å². The van der Waals surface area contributed by atoms with Crippen molar-refractivity contribution >= 4 is 42.9 Å². The predicted molar refractivity (Wildman–Crippen MR) is 104 cm³/mol. The van der Waals surface area contributed by atoms with Crippen LogP contribution >= 0.6 is 0 Å². The van der Waals surface area contributed by atoms with Crippen molar-refractivity contribution in [1.82, 2.24) is 29.9 Å². The van der Waals surface area contributed by atoms with Gasteiger partial charge in [0.1, 0.15) is 0 Å². The Bertz CT molecular complexity index is 1200. The first kappa shape index (κ1) is 19.9. The zero-order valence-corrected chi connectivity index (χ0v) is 17.3. The molecule has 0 aliphatic carbocycles. The van der Waals surface area contributed by atoms with Crippen molar-refractivity contribution < 1.29 is 17.5 Å². The summed E-state index contributed by atoms with van der Waals surface area (Å²) in [5, 5.41) is 0. The minimum absolute atomic E-state index is 0.581. The van der Waals surface area contributed by atoms with Gasteiger partial charge in [-0.3, -0.25) is 9.11 Å². The summed E-state index contributed by atoms with van der Waals surface area (Å²) >= 11 is 1.39. The average molecular weight is 460 g/mol. The van der Waals surface area contributed by atoms with Gasteiger partial charge in [-0.1, -0.05) is 0 Å². The van der Waals surface area contributed by atoms with Crippen molar-refractivity contribution in [2.45, 2.75) is 0 Å². The van der Waals surface area contributed by atoms with Crippen molar-refractivity contribution in [3.63, 3.8) is 0 Å². The van der Waals surface area contributed by atoms with E-state index in [0.29, 0.717) is 16.9 Å². The molecule has 0 aromatic carbocycles. The second-order valence-corrected chi connectivity index (χ2v) is 7.30. The van der Waals surface area contributed by atoms with E-state index in [1.165, 1.54) is 23.2 Å². The van der Waals surface area contributed by atoms with Crippen molar-refractivity contribution in [1.29, 1.82) is 0 Å². The van der Waals surface area contributed by atoms with Crippen molar-refractivity contribution in [2.75, 3.05) is 0 Å². The summed E-state index contributed by atoms with van der Waals surface area (Å²) < 4.78 is 32.4. The SMILES string of the molecule is O=S(=O)(O)O.[AsH2]c1ncnc2nc(-c3cccnc3)c(-c3ccccn3)nc12. The maximum absolute atomic E-state index is 8.74. The zero-order chi connectivity index (χ0) is 20.1. The van der Waals surface area contributed by atoms with E-state index in [4.69, 9.17) is 27.5 Å². The third kappa shape index (κ3) is 5.11. The Morgan fingerprint density at radius 2 is 1.68 bits per heavy atom. The summed E-state index contributed by atoms with van der Waals surface area (Å²) in [6.45, 7) is 0. The average Bonchev–Trinajstić information content (AvgIpc) is 2.67. The van der Waals surface area contributed by atoms with Crippen molar-refractivity contribution in [3.05, 3.63) is 55.2 Å². The molecule has 0 saturated heterocycles. The molecule has 1 unspecified atom stereocenters. The molecule has 0 fully saturated rings. The second-order valence-electron chi connectivity index (χ2n) is 5.26. The number of pyridine rings is 2. The fraction of sp³-hybridized carbons (Fsp3) is 0. The first-order chi connectivity index (χ1) is 13.3. The van der Waals surface area contributed by atoms with Gasteiger partial charge in [0.2, 0.25) is 0 Å². The van der Waals surface area contributed by atoms with E-state index in [-0.39, 0.29) is 0 Å². The van der Waals surface area contributed by atoms with Crippen LogP contribution in [0.3, 0.4) is 0 Å². The standard InChI is InChI=1S/C16H11AsN6.H2O4S/c17-15-14-16(21-9-20-15)23-12(10-4-3-6-18-8-10)13(22-14)11-5-1-2-7-19-11;1-5(2,3)4/h1-9H,17H2;(H2,1,2,3,4). The monoisotopic (exact) mass is 460 g/mol. The fourth-order valence-electron chi connectivity index (χ4n) is 2.28. The van der Waals surface area contributed by atoms with Gasteiger partial charge >= 0.3 is 151 Å². The molecule has 4 aromatic rings. The van der Waals surface area contributed by atoms with Crippen molar-refractivity contribution in [2.24, 2.45) is 0 Å². The van der Waals surface area contributed by atoms with Gasteiger partial charge in [0.15, 0.2) is 0 Å². The number of hydrogen-bond acceptors (Lipinski definition) is 8. The Morgan fingerprint density at radius 3 is 2.32 bits per heavy atom. The van der Waals surface area contributed by atoms with E-state index in [2.05, 4.69) is 19.9 Å². The number of fused-ring (bicyclic) bond motifs is 1. The molecule has 0 aliphatic heterocycles. The molecule has 1 atom stereocenters. The first-order valence-electron chi connectivity index (χ1n) is 7.63. The molecule has 0 spiro atoms. The van der Waals surface area contributed by atoms with E-state index in [9.17, 15) is 0 Å². The van der Waals surface area contributed by atoms with Crippen molar-refractivity contribution in [3.8, 4) is 22.6 Å². The summed E-state index contributed by atoms with van der Waals surface area (Å²) in [6.07, 6.45) is 6.75. The molecule has 12 heteroatoms. The normalized spacial score (nSPS) is 11.0. The molecular formula is C16H13AsN6O4S. The van der Waals surface area contributed by atoms with Gasteiger partial charge in [-0.15, -0.1) is 0 Å². The predicted octanol–water partition coefficient (Wildman–Crippen LogP) is 0.149. The van der Waals surface area contributed by atoms with Crippen LogP contribution in [0.2, 0.25) is 0 Å². The minimum atomic E-state index is -4.67. The van der Waals surface area contributed by atoms with Crippen LogP contribution in [0, 0.1) is 0 Å². The summed E-state index contributed by atoms with van der Waals surface area (Å²) in [7, 11) is -4.67. The molecular weight excluding hydrogens is 447 g/mol. The molecule has 0 amide bonds. The molecule has 4 heterocycles. The van der Waals surface area contributed by atoms with Crippen LogP contribution in [0.15, 0.2) is 55.2 Å². The van der Waals surface area contributed by atoms with Gasteiger partial charge in [0, 0.05) is 0 Å².